The van der Waals surface area contributed by atoms with Crippen molar-refractivity contribution < 1.29 is 17.9 Å². The molecule has 9 heteroatoms. The summed E-state index contributed by atoms with van der Waals surface area (Å²) < 4.78 is 33.0. The highest BCUT2D eigenvalue weighted by Crippen LogP contribution is 2.28. The molecule has 2 fully saturated rings. The standard InChI is InChI=1S/C23H31N3O4S2/c1-30-20-7-5-19(6-8-20)9-13-24-14-16-25(17-15-24)23(27)22-21(10-18-31-22)32(28,29)26-11-3-2-4-12-26/h5-8,10,18H,2-4,9,11-17H2,1H3. The third kappa shape index (κ3) is 5.17. The third-order valence-electron chi connectivity index (χ3n) is 6.29. The lowest BCUT2D eigenvalue weighted by atomic mass is 10.1. The number of carbonyl (C=O) groups excluding carboxylic acids is 1. The minimum absolute atomic E-state index is 0.162. The van der Waals surface area contributed by atoms with Gasteiger partial charge in [-0.1, -0.05) is 18.6 Å². The molecule has 0 bridgehead atoms. The van der Waals surface area contributed by atoms with Crippen LogP contribution in [0.4, 0.5) is 0 Å². The van der Waals surface area contributed by atoms with Gasteiger partial charge in [0.1, 0.15) is 15.5 Å². The smallest absolute Gasteiger partial charge is 0.265 e. The average molecular weight is 478 g/mol. The monoisotopic (exact) mass is 477 g/mol. The molecule has 2 saturated heterocycles. The Hall–Kier alpha value is -1.94. The predicted molar refractivity (Wildman–Crippen MR) is 126 cm³/mol. The van der Waals surface area contributed by atoms with Crippen molar-refractivity contribution in [1.29, 1.82) is 0 Å². The van der Waals surface area contributed by atoms with E-state index in [-0.39, 0.29) is 10.8 Å². The van der Waals surface area contributed by atoms with Crippen molar-refractivity contribution >= 4 is 27.3 Å². The van der Waals surface area contributed by atoms with E-state index in [1.807, 2.05) is 12.1 Å². The SMILES string of the molecule is COc1ccc(CCN2CCN(C(=O)c3sccc3S(=O)(=O)N3CCCCC3)CC2)cc1. The molecule has 0 saturated carbocycles. The van der Waals surface area contributed by atoms with E-state index in [1.165, 1.54) is 21.2 Å². The van der Waals surface area contributed by atoms with E-state index >= 15 is 0 Å². The largest absolute Gasteiger partial charge is 0.497 e. The number of carbonyl (C=O) groups is 1. The van der Waals surface area contributed by atoms with Crippen LogP contribution in [0.2, 0.25) is 0 Å². The molecule has 3 heterocycles. The van der Waals surface area contributed by atoms with Crippen molar-refractivity contribution in [2.24, 2.45) is 0 Å². The normalized spacial score (nSPS) is 18.6. The van der Waals surface area contributed by atoms with Crippen LogP contribution >= 0.6 is 11.3 Å². The van der Waals surface area contributed by atoms with Gasteiger partial charge in [0.05, 0.1) is 7.11 Å². The Morgan fingerprint density at radius 3 is 2.31 bits per heavy atom. The summed E-state index contributed by atoms with van der Waals surface area (Å²) in [6.45, 7) is 4.83. The molecule has 7 nitrogen and oxygen atoms in total. The molecular weight excluding hydrogens is 446 g/mol. The first-order valence-corrected chi connectivity index (χ1v) is 13.5. The number of hydrogen-bond donors (Lipinski definition) is 0. The summed E-state index contributed by atoms with van der Waals surface area (Å²) >= 11 is 1.23. The molecule has 0 spiro atoms. The molecule has 4 rings (SSSR count). The number of hydrogen-bond acceptors (Lipinski definition) is 6. The second-order valence-corrected chi connectivity index (χ2v) is 11.1. The number of sulfonamides is 1. The Labute approximate surface area is 194 Å². The van der Waals surface area contributed by atoms with Gasteiger partial charge in [0.25, 0.3) is 5.91 Å². The summed E-state index contributed by atoms with van der Waals surface area (Å²) in [7, 11) is -1.95. The highest BCUT2D eigenvalue weighted by atomic mass is 32.2. The number of methoxy groups -OCH3 is 1. The Morgan fingerprint density at radius 1 is 0.969 bits per heavy atom. The van der Waals surface area contributed by atoms with Gasteiger partial charge >= 0.3 is 0 Å². The Bertz CT molecular complexity index is 1010. The maximum atomic E-state index is 13.2. The van der Waals surface area contributed by atoms with Crippen molar-refractivity contribution in [3.8, 4) is 5.75 Å². The lowest BCUT2D eigenvalue weighted by Crippen LogP contribution is -2.49. The lowest BCUT2D eigenvalue weighted by molar-refractivity contribution is 0.0639. The first-order valence-electron chi connectivity index (χ1n) is 11.2. The van der Waals surface area contributed by atoms with E-state index in [4.69, 9.17) is 4.74 Å². The zero-order valence-corrected chi connectivity index (χ0v) is 20.2. The average Bonchev–Trinajstić information content (AvgIpc) is 3.34. The second-order valence-electron chi connectivity index (χ2n) is 8.31. The van der Waals surface area contributed by atoms with Gasteiger partial charge in [0.2, 0.25) is 10.0 Å². The molecule has 0 atom stereocenters. The maximum Gasteiger partial charge on any atom is 0.265 e. The molecule has 174 valence electrons. The van der Waals surface area contributed by atoms with Gasteiger partial charge in [-0.2, -0.15) is 4.31 Å². The van der Waals surface area contributed by atoms with Crippen LogP contribution in [0.3, 0.4) is 0 Å². The first-order chi connectivity index (χ1) is 15.5. The number of thiophene rings is 1. The van der Waals surface area contributed by atoms with Crippen LogP contribution in [0, 0.1) is 0 Å². The molecule has 1 aromatic heterocycles. The van der Waals surface area contributed by atoms with Gasteiger partial charge in [0.15, 0.2) is 0 Å². The van der Waals surface area contributed by atoms with Crippen LogP contribution in [-0.2, 0) is 16.4 Å². The van der Waals surface area contributed by atoms with Crippen LogP contribution < -0.4 is 4.74 Å². The molecule has 32 heavy (non-hydrogen) atoms. The maximum absolute atomic E-state index is 13.2. The van der Waals surface area contributed by atoms with Gasteiger partial charge in [0, 0.05) is 45.8 Å². The van der Waals surface area contributed by atoms with Crippen molar-refractivity contribution in [1.82, 2.24) is 14.1 Å². The van der Waals surface area contributed by atoms with E-state index in [0.717, 1.165) is 51.1 Å². The fourth-order valence-electron chi connectivity index (χ4n) is 4.30. The quantitative estimate of drug-likeness (QED) is 0.613. The van der Waals surface area contributed by atoms with E-state index in [1.54, 1.807) is 23.5 Å². The van der Waals surface area contributed by atoms with Crippen LogP contribution in [0.1, 0.15) is 34.5 Å². The summed E-state index contributed by atoms with van der Waals surface area (Å²) in [6, 6.07) is 9.71. The molecule has 2 aliphatic heterocycles. The zero-order chi connectivity index (χ0) is 22.6. The van der Waals surface area contributed by atoms with Crippen molar-refractivity contribution in [3.63, 3.8) is 0 Å². The van der Waals surface area contributed by atoms with Crippen molar-refractivity contribution in [2.75, 3.05) is 52.9 Å². The molecule has 2 aliphatic rings. The number of amides is 1. The van der Waals surface area contributed by atoms with E-state index in [0.29, 0.717) is 31.1 Å². The topological polar surface area (TPSA) is 70.2 Å². The van der Waals surface area contributed by atoms with Gasteiger partial charge < -0.3 is 9.64 Å². The van der Waals surface area contributed by atoms with Crippen LogP contribution in [0.25, 0.3) is 0 Å². The Kier molecular flexibility index (Phi) is 7.50. The summed E-state index contributed by atoms with van der Waals surface area (Å²) in [5.74, 6) is 0.696. The fourth-order valence-corrected chi connectivity index (χ4v) is 7.18. The van der Waals surface area contributed by atoms with Gasteiger partial charge in [-0.05, 0) is 48.4 Å². The molecule has 1 aromatic carbocycles. The second kappa shape index (κ2) is 10.3. The van der Waals surface area contributed by atoms with Crippen LogP contribution in [-0.4, -0.2) is 81.4 Å². The fraction of sp³-hybridized carbons (Fsp3) is 0.522. The van der Waals surface area contributed by atoms with E-state index in [9.17, 15) is 13.2 Å². The van der Waals surface area contributed by atoms with E-state index < -0.39 is 10.0 Å². The van der Waals surface area contributed by atoms with Crippen molar-refractivity contribution in [2.45, 2.75) is 30.6 Å². The number of rotatable bonds is 7. The first kappa shape index (κ1) is 23.2. The summed E-state index contributed by atoms with van der Waals surface area (Å²) in [6.07, 6.45) is 3.77. The molecule has 2 aromatic rings. The number of benzene rings is 1. The molecule has 0 unspecified atom stereocenters. The van der Waals surface area contributed by atoms with Crippen LogP contribution in [0.15, 0.2) is 40.6 Å². The van der Waals surface area contributed by atoms with Crippen LogP contribution in [0.5, 0.6) is 5.75 Å². The van der Waals surface area contributed by atoms with Gasteiger partial charge in [-0.3, -0.25) is 9.69 Å². The lowest BCUT2D eigenvalue weighted by Gasteiger charge is -2.35. The van der Waals surface area contributed by atoms with Gasteiger partial charge in [-0.15, -0.1) is 11.3 Å². The minimum atomic E-state index is -3.61. The molecule has 0 radical (unpaired) electrons. The van der Waals surface area contributed by atoms with E-state index in [2.05, 4.69) is 17.0 Å². The van der Waals surface area contributed by atoms with Crippen molar-refractivity contribution in [3.05, 3.63) is 46.2 Å². The third-order valence-corrected chi connectivity index (χ3v) is 9.26. The summed E-state index contributed by atoms with van der Waals surface area (Å²) in [5.41, 5.74) is 1.26. The zero-order valence-electron chi connectivity index (χ0n) is 18.5. The molecule has 0 N–H and O–H groups in total. The number of nitrogens with zero attached hydrogens (tertiary/aromatic N) is 3. The number of ether oxygens (including phenoxy) is 1. The minimum Gasteiger partial charge on any atom is -0.497 e. The molecule has 0 aliphatic carbocycles. The summed E-state index contributed by atoms with van der Waals surface area (Å²) in [4.78, 5) is 17.9. The highest BCUT2D eigenvalue weighted by molar-refractivity contribution is 7.89. The van der Waals surface area contributed by atoms with Gasteiger partial charge in [-0.25, -0.2) is 8.42 Å². The number of piperidine rings is 1. The number of piperazine rings is 1. The molecular formula is C23H31N3O4S2. The highest BCUT2D eigenvalue weighted by Gasteiger charge is 2.33. The summed E-state index contributed by atoms with van der Waals surface area (Å²) in [5, 5.41) is 1.72. The molecule has 1 amide bonds. The Morgan fingerprint density at radius 2 is 1.66 bits per heavy atom. The Balaban J connectivity index is 1.33. The predicted octanol–water partition coefficient (Wildman–Crippen LogP) is 2.93.